The highest BCUT2D eigenvalue weighted by atomic mass is 35.5. The lowest BCUT2D eigenvalue weighted by atomic mass is 9.74. The Kier molecular flexibility index (Phi) is 10.0. The van der Waals surface area contributed by atoms with E-state index in [1.165, 1.54) is 0 Å². The highest BCUT2D eigenvalue weighted by molar-refractivity contribution is 6.30. The van der Waals surface area contributed by atoms with Crippen LogP contribution in [0, 0.1) is 5.41 Å². The number of halogens is 4. The van der Waals surface area contributed by atoms with Crippen LogP contribution in [0.4, 0.5) is 8.78 Å². The van der Waals surface area contributed by atoms with Gasteiger partial charge in [-0.05, 0) is 61.2 Å². The number of hydrogen-bond donors (Lipinski definition) is 0. The Hall–Kier alpha value is -2.76. The number of piperidine rings is 1. The quantitative estimate of drug-likeness (QED) is 0.286. The van der Waals surface area contributed by atoms with Gasteiger partial charge < -0.3 is 4.90 Å². The number of hydrogen-bond acceptors (Lipinski definition) is 2. The standard InChI is InChI=1S/C23H25ClF2N2O.C6H5Cl/c1-3-12-23(2)13-11-19(16-7-9-17(24)10-8-16)28(22(23)29)20(15-21(25)26)18-6-4-5-14-27-18;7-6-4-2-1-3-5-6/h3-10,14,19-21H,1,11-13,15H2,2H3;1-5H/t19?,20-,23-;/m0./s1. The zero-order valence-electron chi connectivity index (χ0n) is 20.2. The van der Waals surface area contributed by atoms with Gasteiger partial charge in [0.1, 0.15) is 0 Å². The Morgan fingerprint density at radius 2 is 1.69 bits per heavy atom. The largest absolute Gasteiger partial charge is 0.326 e. The number of amides is 1. The molecule has 7 heteroatoms. The van der Waals surface area contributed by atoms with Crippen molar-refractivity contribution in [3.05, 3.63) is 113 Å². The molecule has 1 aromatic heterocycles. The van der Waals surface area contributed by atoms with E-state index < -0.39 is 24.3 Å². The molecule has 2 aromatic carbocycles. The summed E-state index contributed by atoms with van der Waals surface area (Å²) in [6.07, 6.45) is 2.10. The van der Waals surface area contributed by atoms with Gasteiger partial charge >= 0.3 is 0 Å². The topological polar surface area (TPSA) is 33.2 Å². The van der Waals surface area contributed by atoms with E-state index in [0.717, 1.165) is 10.6 Å². The lowest BCUT2D eigenvalue weighted by molar-refractivity contribution is -0.154. The normalized spacial score (nSPS) is 20.4. The highest BCUT2D eigenvalue weighted by Gasteiger charge is 2.47. The number of nitrogens with zero attached hydrogens (tertiary/aromatic N) is 2. The predicted octanol–water partition coefficient (Wildman–Crippen LogP) is 8.72. The average molecular weight is 531 g/mol. The summed E-state index contributed by atoms with van der Waals surface area (Å²) in [6, 6.07) is 20.8. The van der Waals surface area contributed by atoms with Gasteiger partial charge in [-0.2, -0.15) is 0 Å². The SMILES string of the molecule is C=CC[C@@]1(C)CCC(c2ccc(Cl)cc2)N([C@@H](CC(F)F)c2ccccn2)C1=O.Clc1ccccc1. The van der Waals surface area contributed by atoms with Crippen molar-refractivity contribution in [2.45, 2.75) is 51.1 Å². The van der Waals surface area contributed by atoms with Crippen molar-refractivity contribution in [1.82, 2.24) is 9.88 Å². The third-order valence-corrected chi connectivity index (χ3v) is 6.91. The Morgan fingerprint density at radius 1 is 1.06 bits per heavy atom. The first-order valence-corrected chi connectivity index (χ1v) is 12.6. The van der Waals surface area contributed by atoms with Crippen molar-refractivity contribution >= 4 is 29.1 Å². The molecule has 0 bridgehead atoms. The van der Waals surface area contributed by atoms with Gasteiger partial charge in [-0.3, -0.25) is 9.78 Å². The molecule has 1 amide bonds. The van der Waals surface area contributed by atoms with Gasteiger partial charge in [0.05, 0.1) is 23.2 Å². The zero-order valence-corrected chi connectivity index (χ0v) is 21.7. The average Bonchev–Trinajstić information content (AvgIpc) is 2.87. The summed E-state index contributed by atoms with van der Waals surface area (Å²) >= 11 is 11.6. The van der Waals surface area contributed by atoms with Crippen molar-refractivity contribution in [3.8, 4) is 0 Å². The number of carbonyl (C=O) groups is 1. The van der Waals surface area contributed by atoms with E-state index >= 15 is 0 Å². The Balaban J connectivity index is 0.000000444. The van der Waals surface area contributed by atoms with E-state index in [1.54, 1.807) is 47.5 Å². The minimum Gasteiger partial charge on any atom is -0.326 e. The third-order valence-electron chi connectivity index (χ3n) is 6.41. The molecule has 0 N–H and O–H groups in total. The molecule has 2 heterocycles. The summed E-state index contributed by atoms with van der Waals surface area (Å²) in [5.74, 6) is -0.139. The van der Waals surface area contributed by atoms with Crippen molar-refractivity contribution in [1.29, 1.82) is 0 Å². The van der Waals surface area contributed by atoms with E-state index in [0.29, 0.717) is 30.0 Å². The maximum Gasteiger partial charge on any atom is 0.241 e. The van der Waals surface area contributed by atoms with Crippen LogP contribution in [0.5, 0.6) is 0 Å². The van der Waals surface area contributed by atoms with Crippen LogP contribution in [0.1, 0.15) is 55.9 Å². The van der Waals surface area contributed by atoms with Gasteiger partial charge in [-0.25, -0.2) is 8.78 Å². The molecule has 190 valence electrons. The van der Waals surface area contributed by atoms with E-state index in [2.05, 4.69) is 11.6 Å². The van der Waals surface area contributed by atoms with E-state index in [-0.39, 0.29) is 11.9 Å². The molecule has 3 atom stereocenters. The van der Waals surface area contributed by atoms with Crippen molar-refractivity contribution in [2.75, 3.05) is 0 Å². The summed E-state index contributed by atoms with van der Waals surface area (Å²) in [5, 5.41) is 1.38. The van der Waals surface area contributed by atoms with Crippen molar-refractivity contribution in [3.63, 3.8) is 0 Å². The molecular weight excluding hydrogens is 501 g/mol. The molecule has 36 heavy (non-hydrogen) atoms. The van der Waals surface area contributed by atoms with Gasteiger partial charge in [-0.1, -0.05) is 72.6 Å². The molecule has 0 radical (unpaired) electrons. The third kappa shape index (κ3) is 7.14. The summed E-state index contributed by atoms with van der Waals surface area (Å²) in [4.78, 5) is 19.6. The molecule has 1 fully saturated rings. The van der Waals surface area contributed by atoms with Crippen LogP contribution in [-0.4, -0.2) is 22.2 Å². The van der Waals surface area contributed by atoms with E-state index in [1.807, 2.05) is 49.4 Å². The summed E-state index contributed by atoms with van der Waals surface area (Å²) in [5.41, 5.74) is 0.696. The van der Waals surface area contributed by atoms with Gasteiger partial charge in [0.15, 0.2) is 0 Å². The molecule has 0 spiro atoms. The number of benzene rings is 2. The molecule has 1 saturated heterocycles. The number of alkyl halides is 2. The maximum atomic E-state index is 13.7. The number of likely N-dealkylation sites (tertiary alicyclic amines) is 1. The molecule has 1 aliphatic heterocycles. The van der Waals surface area contributed by atoms with Crippen LogP contribution in [0.15, 0.2) is 91.6 Å². The summed E-state index contributed by atoms with van der Waals surface area (Å²) in [6.45, 7) is 5.67. The van der Waals surface area contributed by atoms with Crippen LogP contribution >= 0.6 is 23.2 Å². The molecule has 1 unspecified atom stereocenters. The van der Waals surface area contributed by atoms with E-state index in [9.17, 15) is 13.6 Å². The maximum absolute atomic E-state index is 13.7. The number of carbonyl (C=O) groups excluding carboxylic acids is 1. The summed E-state index contributed by atoms with van der Waals surface area (Å²) < 4.78 is 27.2. The number of aromatic nitrogens is 1. The molecule has 0 aliphatic carbocycles. The number of pyridine rings is 1. The Labute approximate surface area is 221 Å². The minimum atomic E-state index is -2.56. The summed E-state index contributed by atoms with van der Waals surface area (Å²) in [7, 11) is 0. The minimum absolute atomic E-state index is 0.139. The molecule has 4 rings (SSSR count). The van der Waals surface area contributed by atoms with Gasteiger partial charge in [-0.15, -0.1) is 6.58 Å². The van der Waals surface area contributed by atoms with Crippen molar-refractivity contribution in [2.24, 2.45) is 5.41 Å². The first kappa shape index (κ1) is 27.8. The Morgan fingerprint density at radius 3 is 2.22 bits per heavy atom. The highest BCUT2D eigenvalue weighted by Crippen LogP contribution is 2.47. The number of allylic oxidation sites excluding steroid dienone is 1. The number of rotatable bonds is 7. The first-order valence-electron chi connectivity index (χ1n) is 11.8. The fraction of sp³-hybridized carbons (Fsp3) is 0.310. The second-order valence-corrected chi connectivity index (χ2v) is 9.94. The molecule has 3 aromatic rings. The second kappa shape index (κ2) is 13.0. The van der Waals surface area contributed by atoms with Crippen LogP contribution < -0.4 is 0 Å². The molecular formula is C29H30Cl2F2N2O. The van der Waals surface area contributed by atoms with Gasteiger partial charge in [0.25, 0.3) is 0 Å². The lowest BCUT2D eigenvalue weighted by Crippen LogP contribution is -2.50. The second-order valence-electron chi connectivity index (χ2n) is 9.06. The fourth-order valence-electron chi connectivity index (χ4n) is 4.57. The molecule has 1 aliphatic rings. The van der Waals surface area contributed by atoms with Crippen LogP contribution in [-0.2, 0) is 4.79 Å². The smallest absolute Gasteiger partial charge is 0.241 e. The van der Waals surface area contributed by atoms with Crippen LogP contribution in [0.2, 0.25) is 10.0 Å². The monoisotopic (exact) mass is 530 g/mol. The fourth-order valence-corrected chi connectivity index (χ4v) is 4.84. The first-order chi connectivity index (χ1) is 17.2. The van der Waals surface area contributed by atoms with Gasteiger partial charge in [0, 0.05) is 22.7 Å². The van der Waals surface area contributed by atoms with Crippen molar-refractivity contribution < 1.29 is 13.6 Å². The van der Waals surface area contributed by atoms with Crippen LogP contribution in [0.25, 0.3) is 0 Å². The van der Waals surface area contributed by atoms with Crippen LogP contribution in [0.3, 0.4) is 0 Å². The van der Waals surface area contributed by atoms with Gasteiger partial charge in [0.2, 0.25) is 12.3 Å². The Bertz CT molecular complexity index is 1110. The van der Waals surface area contributed by atoms with E-state index in [4.69, 9.17) is 23.2 Å². The zero-order chi connectivity index (χ0) is 26.1. The molecule has 0 saturated carbocycles. The predicted molar refractivity (Wildman–Crippen MR) is 142 cm³/mol. The lowest BCUT2D eigenvalue weighted by Gasteiger charge is -2.48. The molecule has 3 nitrogen and oxygen atoms in total.